The second-order valence-electron chi connectivity index (χ2n) is 4.59. The summed E-state index contributed by atoms with van der Waals surface area (Å²) in [4.78, 5) is 10.6. The number of amides is 1. The molecule has 0 aliphatic rings. The number of ether oxygens (including phenoxy) is 1. The molecule has 0 bridgehead atoms. The van der Waals surface area contributed by atoms with Gasteiger partial charge in [-0.3, -0.25) is 4.79 Å². The van der Waals surface area contributed by atoms with Crippen LogP contribution >= 0.6 is 0 Å². The molecule has 5 heteroatoms. The van der Waals surface area contributed by atoms with Crippen LogP contribution in [0.3, 0.4) is 0 Å². The molecule has 2 atom stereocenters. The molecule has 0 aromatic heterocycles. The van der Waals surface area contributed by atoms with Crippen LogP contribution in [0.4, 0.5) is 0 Å². The maximum Gasteiger partial charge on any atom is 0.255 e. The van der Waals surface area contributed by atoms with E-state index < -0.39 is 12.0 Å². The molecule has 2 unspecified atom stereocenters. The molecule has 0 fully saturated rings. The minimum Gasteiger partial charge on any atom is -0.484 e. The first-order valence-corrected chi connectivity index (χ1v) is 5.86. The zero-order valence-electron chi connectivity index (χ0n) is 10.7. The number of rotatable bonds is 6. The van der Waals surface area contributed by atoms with Gasteiger partial charge < -0.3 is 21.3 Å². The van der Waals surface area contributed by atoms with Crippen molar-refractivity contribution in [3.8, 4) is 5.75 Å². The molecule has 0 heterocycles. The minimum absolute atomic E-state index is 0.159. The topological polar surface area (TPSA) is 98.6 Å². The summed E-state index contributed by atoms with van der Waals surface area (Å²) in [6, 6.07) is 6.48. The zero-order valence-corrected chi connectivity index (χ0v) is 10.7. The lowest BCUT2D eigenvalue weighted by molar-refractivity contribution is -0.119. The molecule has 0 aliphatic heterocycles. The van der Waals surface area contributed by atoms with Gasteiger partial charge >= 0.3 is 0 Å². The number of primary amides is 1. The van der Waals surface area contributed by atoms with Crippen LogP contribution in [0.1, 0.15) is 25.5 Å². The van der Waals surface area contributed by atoms with Gasteiger partial charge in [0.05, 0.1) is 6.10 Å². The molecule has 5 N–H and O–H groups in total. The van der Waals surface area contributed by atoms with Crippen molar-refractivity contribution in [2.45, 2.75) is 26.0 Å². The third-order valence-corrected chi connectivity index (χ3v) is 2.74. The van der Waals surface area contributed by atoms with Gasteiger partial charge in [-0.1, -0.05) is 26.0 Å². The summed E-state index contributed by atoms with van der Waals surface area (Å²) in [6.45, 7) is 3.75. The van der Waals surface area contributed by atoms with E-state index in [-0.39, 0.29) is 18.6 Å². The standard InChI is InChI=1S/C13H20N2O3/c1-8(2)12(15)13(17)9-3-5-10(6-4-9)18-7-11(14)16/h3-6,8,12-13,17H,7,15H2,1-2H3,(H2,14,16). The Labute approximate surface area is 107 Å². The Balaban J connectivity index is 2.67. The van der Waals surface area contributed by atoms with Gasteiger partial charge in [-0.05, 0) is 23.6 Å². The Hall–Kier alpha value is -1.59. The normalized spacial score (nSPS) is 14.3. The molecule has 1 amide bonds. The third kappa shape index (κ3) is 4.01. The van der Waals surface area contributed by atoms with E-state index in [4.69, 9.17) is 16.2 Å². The predicted octanol–water partition coefficient (Wildman–Crippen LogP) is 0.567. The van der Waals surface area contributed by atoms with E-state index in [1.807, 2.05) is 13.8 Å². The summed E-state index contributed by atoms with van der Waals surface area (Å²) in [7, 11) is 0. The molecule has 1 aromatic carbocycles. The predicted molar refractivity (Wildman–Crippen MR) is 68.9 cm³/mol. The van der Waals surface area contributed by atoms with E-state index in [9.17, 15) is 9.90 Å². The Kier molecular flexibility index (Phi) is 5.12. The van der Waals surface area contributed by atoms with Crippen LogP contribution < -0.4 is 16.2 Å². The van der Waals surface area contributed by atoms with Gasteiger partial charge in [-0.2, -0.15) is 0 Å². The number of aliphatic hydroxyl groups is 1. The smallest absolute Gasteiger partial charge is 0.255 e. The van der Waals surface area contributed by atoms with Crippen molar-refractivity contribution < 1.29 is 14.6 Å². The maximum atomic E-state index is 10.6. The Morgan fingerprint density at radius 2 is 1.89 bits per heavy atom. The van der Waals surface area contributed by atoms with Crippen molar-refractivity contribution in [2.24, 2.45) is 17.4 Å². The zero-order chi connectivity index (χ0) is 13.7. The molecule has 0 radical (unpaired) electrons. The van der Waals surface area contributed by atoms with E-state index in [0.29, 0.717) is 5.75 Å². The lowest BCUT2D eigenvalue weighted by Crippen LogP contribution is -2.33. The van der Waals surface area contributed by atoms with Crippen LogP contribution in [0.5, 0.6) is 5.75 Å². The van der Waals surface area contributed by atoms with Crippen LogP contribution in [0.2, 0.25) is 0 Å². The van der Waals surface area contributed by atoms with E-state index in [1.165, 1.54) is 0 Å². The average Bonchev–Trinajstić information content (AvgIpc) is 2.35. The van der Waals surface area contributed by atoms with E-state index in [2.05, 4.69) is 0 Å². The van der Waals surface area contributed by atoms with Gasteiger partial charge in [-0.15, -0.1) is 0 Å². The van der Waals surface area contributed by atoms with Crippen molar-refractivity contribution in [2.75, 3.05) is 6.61 Å². The summed E-state index contributed by atoms with van der Waals surface area (Å²) in [5, 5.41) is 10.0. The highest BCUT2D eigenvalue weighted by Crippen LogP contribution is 2.22. The van der Waals surface area contributed by atoms with Crippen molar-refractivity contribution >= 4 is 5.91 Å². The van der Waals surface area contributed by atoms with Crippen molar-refractivity contribution in [3.63, 3.8) is 0 Å². The largest absolute Gasteiger partial charge is 0.484 e. The monoisotopic (exact) mass is 252 g/mol. The number of hydrogen-bond donors (Lipinski definition) is 3. The number of nitrogens with two attached hydrogens (primary N) is 2. The summed E-state index contributed by atoms with van der Waals surface area (Å²) >= 11 is 0. The Bertz CT molecular complexity index is 390. The second kappa shape index (κ2) is 6.37. The summed E-state index contributed by atoms with van der Waals surface area (Å²) in [5.74, 6) is 0.189. The van der Waals surface area contributed by atoms with Gasteiger partial charge in [0.15, 0.2) is 6.61 Å². The van der Waals surface area contributed by atoms with E-state index in [0.717, 1.165) is 5.56 Å². The summed E-state index contributed by atoms with van der Waals surface area (Å²) in [5.41, 5.74) is 11.6. The highest BCUT2D eigenvalue weighted by atomic mass is 16.5. The molecular weight excluding hydrogens is 232 g/mol. The van der Waals surface area contributed by atoms with Gasteiger partial charge in [0.1, 0.15) is 5.75 Å². The van der Waals surface area contributed by atoms with Crippen LogP contribution in [-0.2, 0) is 4.79 Å². The molecule has 0 saturated heterocycles. The molecule has 100 valence electrons. The molecule has 1 rings (SSSR count). The van der Waals surface area contributed by atoms with Crippen LogP contribution in [0.15, 0.2) is 24.3 Å². The molecule has 0 spiro atoms. The van der Waals surface area contributed by atoms with Crippen LogP contribution in [0.25, 0.3) is 0 Å². The highest BCUT2D eigenvalue weighted by molar-refractivity contribution is 5.75. The van der Waals surface area contributed by atoms with E-state index >= 15 is 0 Å². The fourth-order valence-corrected chi connectivity index (χ4v) is 1.50. The minimum atomic E-state index is -0.713. The fraction of sp³-hybridized carbons (Fsp3) is 0.462. The number of hydrogen-bond acceptors (Lipinski definition) is 4. The van der Waals surface area contributed by atoms with Gasteiger partial charge in [0.2, 0.25) is 0 Å². The Morgan fingerprint density at radius 1 is 1.33 bits per heavy atom. The average molecular weight is 252 g/mol. The molecule has 18 heavy (non-hydrogen) atoms. The van der Waals surface area contributed by atoms with Crippen molar-refractivity contribution in [1.29, 1.82) is 0 Å². The fourth-order valence-electron chi connectivity index (χ4n) is 1.50. The number of carbonyl (C=O) groups excluding carboxylic acids is 1. The first-order chi connectivity index (χ1) is 8.41. The molecular formula is C13H20N2O3. The third-order valence-electron chi connectivity index (χ3n) is 2.74. The quantitative estimate of drug-likeness (QED) is 0.689. The second-order valence-corrected chi connectivity index (χ2v) is 4.59. The van der Waals surface area contributed by atoms with Crippen LogP contribution in [-0.4, -0.2) is 23.7 Å². The summed E-state index contributed by atoms with van der Waals surface area (Å²) < 4.78 is 5.12. The highest BCUT2D eigenvalue weighted by Gasteiger charge is 2.19. The van der Waals surface area contributed by atoms with Gasteiger partial charge in [0, 0.05) is 6.04 Å². The number of carbonyl (C=O) groups is 1. The molecule has 1 aromatic rings. The maximum absolute atomic E-state index is 10.6. The van der Waals surface area contributed by atoms with Gasteiger partial charge in [-0.25, -0.2) is 0 Å². The lowest BCUT2D eigenvalue weighted by atomic mass is 9.94. The first-order valence-electron chi connectivity index (χ1n) is 5.86. The molecule has 0 saturated carbocycles. The van der Waals surface area contributed by atoms with Gasteiger partial charge in [0.25, 0.3) is 5.91 Å². The molecule has 0 aliphatic carbocycles. The SMILES string of the molecule is CC(C)C(N)C(O)c1ccc(OCC(N)=O)cc1. The van der Waals surface area contributed by atoms with E-state index in [1.54, 1.807) is 24.3 Å². The molecule has 5 nitrogen and oxygen atoms in total. The summed E-state index contributed by atoms with van der Waals surface area (Å²) in [6.07, 6.45) is -0.713. The lowest BCUT2D eigenvalue weighted by Gasteiger charge is -2.22. The van der Waals surface area contributed by atoms with Crippen LogP contribution in [0, 0.1) is 5.92 Å². The number of aliphatic hydroxyl groups excluding tert-OH is 1. The number of benzene rings is 1. The first kappa shape index (κ1) is 14.5. The Morgan fingerprint density at radius 3 is 2.33 bits per heavy atom. The van der Waals surface area contributed by atoms with Crippen molar-refractivity contribution in [1.82, 2.24) is 0 Å². The van der Waals surface area contributed by atoms with Crippen molar-refractivity contribution in [3.05, 3.63) is 29.8 Å².